The largest absolute Gasteiger partial charge is 0.319 e. The van der Waals surface area contributed by atoms with E-state index >= 15 is 0 Å². The molecule has 6 heteroatoms. The average Bonchev–Trinajstić information content (AvgIpc) is 3.05. The zero-order chi connectivity index (χ0) is 13.9. The standard InChI is InChI=1S/C14H11N3O2S/c18-13-12(8-11-4-2-1-3-5-11)20-14(19)17(13)10-16-7-6-15-9-16/h1-9H,10H2. The highest BCUT2D eigenvalue weighted by Gasteiger charge is 2.34. The maximum absolute atomic E-state index is 12.2. The fourth-order valence-electron chi connectivity index (χ4n) is 1.86. The van der Waals surface area contributed by atoms with Crippen LogP contribution >= 0.6 is 11.8 Å². The lowest BCUT2D eigenvalue weighted by Crippen LogP contribution is -2.30. The highest BCUT2D eigenvalue weighted by Crippen LogP contribution is 2.32. The summed E-state index contributed by atoms with van der Waals surface area (Å²) in [4.78, 5) is 29.7. The van der Waals surface area contributed by atoms with Crippen LogP contribution in [0.2, 0.25) is 0 Å². The summed E-state index contributed by atoms with van der Waals surface area (Å²) in [5.74, 6) is -0.266. The molecule has 0 atom stereocenters. The fraction of sp³-hybridized carbons (Fsp3) is 0.0714. The van der Waals surface area contributed by atoms with Crippen LogP contribution in [0, 0.1) is 0 Å². The number of carbonyl (C=O) groups is 2. The maximum atomic E-state index is 12.2. The van der Waals surface area contributed by atoms with Crippen LogP contribution in [0.4, 0.5) is 4.79 Å². The molecule has 1 fully saturated rings. The van der Waals surface area contributed by atoms with Crippen molar-refractivity contribution in [3.63, 3.8) is 0 Å². The van der Waals surface area contributed by atoms with E-state index in [1.165, 1.54) is 4.90 Å². The first-order valence-electron chi connectivity index (χ1n) is 6.00. The van der Waals surface area contributed by atoms with Gasteiger partial charge in [0.25, 0.3) is 11.1 Å². The van der Waals surface area contributed by atoms with E-state index in [1.54, 1.807) is 29.4 Å². The van der Waals surface area contributed by atoms with Crippen molar-refractivity contribution in [2.24, 2.45) is 0 Å². The summed E-state index contributed by atoms with van der Waals surface area (Å²) in [5, 5.41) is -0.258. The molecule has 1 aliphatic rings. The number of imide groups is 1. The molecule has 0 saturated carbocycles. The topological polar surface area (TPSA) is 55.2 Å². The molecule has 0 bridgehead atoms. The first-order chi connectivity index (χ1) is 9.74. The number of nitrogens with zero attached hydrogens (tertiary/aromatic N) is 3. The lowest BCUT2D eigenvalue weighted by molar-refractivity contribution is -0.123. The van der Waals surface area contributed by atoms with Gasteiger partial charge in [0.2, 0.25) is 0 Å². The highest BCUT2D eigenvalue weighted by molar-refractivity contribution is 8.18. The van der Waals surface area contributed by atoms with Crippen molar-refractivity contribution in [2.75, 3.05) is 0 Å². The van der Waals surface area contributed by atoms with Gasteiger partial charge in [-0.25, -0.2) is 9.88 Å². The van der Waals surface area contributed by atoms with Gasteiger partial charge >= 0.3 is 0 Å². The van der Waals surface area contributed by atoms with Crippen LogP contribution < -0.4 is 0 Å². The van der Waals surface area contributed by atoms with Gasteiger partial charge in [0.15, 0.2) is 0 Å². The number of amides is 2. The number of imidazole rings is 1. The van der Waals surface area contributed by atoms with Gasteiger partial charge in [0.1, 0.15) is 6.67 Å². The third-order valence-corrected chi connectivity index (χ3v) is 3.74. The molecule has 1 aliphatic heterocycles. The zero-order valence-corrected chi connectivity index (χ0v) is 11.3. The molecule has 20 heavy (non-hydrogen) atoms. The number of carbonyl (C=O) groups excluding carboxylic acids is 2. The Morgan fingerprint density at radius 1 is 1.20 bits per heavy atom. The summed E-state index contributed by atoms with van der Waals surface area (Å²) < 4.78 is 1.68. The molecule has 2 heterocycles. The van der Waals surface area contributed by atoms with E-state index in [0.29, 0.717) is 4.91 Å². The molecule has 0 aliphatic carbocycles. The summed E-state index contributed by atoms with van der Waals surface area (Å²) in [5.41, 5.74) is 0.903. The van der Waals surface area contributed by atoms with E-state index in [0.717, 1.165) is 17.3 Å². The Morgan fingerprint density at radius 2 is 2.00 bits per heavy atom. The molecule has 2 amide bonds. The smallest absolute Gasteiger partial charge is 0.295 e. The van der Waals surface area contributed by atoms with E-state index in [1.807, 2.05) is 30.3 Å². The number of hydrogen-bond donors (Lipinski definition) is 0. The zero-order valence-electron chi connectivity index (χ0n) is 10.5. The molecule has 0 unspecified atom stereocenters. The normalized spacial score (nSPS) is 17.2. The summed E-state index contributed by atoms with van der Waals surface area (Å²) in [7, 11) is 0. The number of hydrogen-bond acceptors (Lipinski definition) is 4. The average molecular weight is 285 g/mol. The third kappa shape index (κ3) is 2.50. The minimum absolute atomic E-state index is 0.191. The second-order valence-corrected chi connectivity index (χ2v) is 5.23. The van der Waals surface area contributed by atoms with Crippen molar-refractivity contribution in [1.29, 1.82) is 0 Å². The highest BCUT2D eigenvalue weighted by atomic mass is 32.2. The quantitative estimate of drug-likeness (QED) is 0.813. The van der Waals surface area contributed by atoms with Gasteiger partial charge in [-0.05, 0) is 23.4 Å². The van der Waals surface area contributed by atoms with Gasteiger partial charge in [0, 0.05) is 12.4 Å². The monoisotopic (exact) mass is 285 g/mol. The summed E-state index contributed by atoms with van der Waals surface area (Å²) in [6, 6.07) is 9.47. The third-order valence-electron chi connectivity index (χ3n) is 2.83. The molecular weight excluding hydrogens is 274 g/mol. The minimum atomic E-state index is -0.266. The Morgan fingerprint density at radius 3 is 2.70 bits per heavy atom. The van der Waals surface area contributed by atoms with Crippen molar-refractivity contribution >= 4 is 29.0 Å². The van der Waals surface area contributed by atoms with Gasteiger partial charge in [-0.3, -0.25) is 9.59 Å². The van der Waals surface area contributed by atoms with Gasteiger partial charge in [0.05, 0.1) is 11.2 Å². The van der Waals surface area contributed by atoms with Crippen molar-refractivity contribution in [2.45, 2.75) is 6.67 Å². The molecule has 100 valence electrons. The predicted octanol–water partition coefficient (Wildman–Crippen LogP) is 2.58. The molecule has 1 aromatic heterocycles. The Bertz CT molecular complexity index is 665. The van der Waals surface area contributed by atoms with E-state index in [4.69, 9.17) is 0 Å². The number of thioether (sulfide) groups is 1. The lowest BCUT2D eigenvalue weighted by Gasteiger charge is -2.12. The molecule has 0 radical (unpaired) electrons. The number of aromatic nitrogens is 2. The van der Waals surface area contributed by atoms with Crippen LogP contribution in [0.25, 0.3) is 6.08 Å². The SMILES string of the molecule is O=C1SC(=Cc2ccccc2)C(=O)N1Cn1ccnc1. The second kappa shape index (κ2) is 5.34. The van der Waals surface area contributed by atoms with E-state index in [-0.39, 0.29) is 17.8 Å². The Kier molecular flexibility index (Phi) is 3.39. The molecule has 1 aromatic carbocycles. The van der Waals surface area contributed by atoms with Crippen molar-refractivity contribution in [3.8, 4) is 0 Å². The van der Waals surface area contributed by atoms with E-state index in [2.05, 4.69) is 4.98 Å². The van der Waals surface area contributed by atoms with Gasteiger partial charge in [-0.1, -0.05) is 30.3 Å². The first kappa shape index (κ1) is 12.7. The van der Waals surface area contributed by atoms with Gasteiger partial charge in [-0.15, -0.1) is 0 Å². The van der Waals surface area contributed by atoms with Crippen molar-refractivity contribution in [3.05, 3.63) is 59.5 Å². The van der Waals surface area contributed by atoms with Crippen LogP contribution in [0.15, 0.2) is 54.0 Å². The second-order valence-electron chi connectivity index (χ2n) is 4.24. The molecular formula is C14H11N3O2S. The first-order valence-corrected chi connectivity index (χ1v) is 6.82. The number of rotatable bonds is 3. The Balaban J connectivity index is 1.82. The predicted molar refractivity (Wildman–Crippen MR) is 76.5 cm³/mol. The summed E-state index contributed by atoms with van der Waals surface area (Å²) >= 11 is 0.963. The molecule has 0 spiro atoms. The van der Waals surface area contributed by atoms with Crippen LogP contribution in [-0.4, -0.2) is 25.6 Å². The maximum Gasteiger partial charge on any atom is 0.295 e. The van der Waals surface area contributed by atoms with Crippen LogP contribution in [0.1, 0.15) is 5.56 Å². The molecule has 0 N–H and O–H groups in total. The van der Waals surface area contributed by atoms with Gasteiger partial charge in [-0.2, -0.15) is 0 Å². The van der Waals surface area contributed by atoms with Crippen molar-refractivity contribution in [1.82, 2.24) is 14.5 Å². The summed E-state index contributed by atoms with van der Waals surface area (Å²) in [6.07, 6.45) is 6.63. The summed E-state index contributed by atoms with van der Waals surface area (Å²) in [6.45, 7) is 0.191. The minimum Gasteiger partial charge on any atom is -0.319 e. The number of benzene rings is 1. The van der Waals surface area contributed by atoms with E-state index in [9.17, 15) is 9.59 Å². The Hall–Kier alpha value is -2.34. The van der Waals surface area contributed by atoms with Gasteiger partial charge < -0.3 is 4.57 Å². The van der Waals surface area contributed by atoms with Crippen LogP contribution in [-0.2, 0) is 11.5 Å². The fourth-order valence-corrected chi connectivity index (χ4v) is 2.69. The molecule has 1 saturated heterocycles. The lowest BCUT2D eigenvalue weighted by atomic mass is 10.2. The van der Waals surface area contributed by atoms with Crippen molar-refractivity contribution < 1.29 is 9.59 Å². The Labute approximate surface area is 119 Å². The van der Waals surface area contributed by atoms with Crippen LogP contribution in [0.3, 0.4) is 0 Å². The van der Waals surface area contributed by atoms with Crippen LogP contribution in [0.5, 0.6) is 0 Å². The molecule has 5 nitrogen and oxygen atoms in total. The molecule has 2 aromatic rings. The van der Waals surface area contributed by atoms with E-state index < -0.39 is 0 Å². The molecule has 3 rings (SSSR count).